The number of H-pyrrole nitrogens is 4. The molecule has 0 saturated heterocycles. The average Bonchev–Trinajstić information content (AvgIpc) is 1.60. The van der Waals surface area contributed by atoms with E-state index in [4.69, 9.17) is 39.9 Å². The van der Waals surface area contributed by atoms with E-state index in [0.29, 0.717) is 62.5 Å². The van der Waals surface area contributed by atoms with E-state index in [1.54, 1.807) is 0 Å². The van der Waals surface area contributed by atoms with Crippen LogP contribution >= 0.6 is 0 Å². The lowest BCUT2D eigenvalue weighted by molar-refractivity contribution is 0.102. The van der Waals surface area contributed by atoms with Crippen molar-refractivity contribution in [1.82, 2.24) is 59.8 Å². The van der Waals surface area contributed by atoms with Gasteiger partial charge in [0.1, 0.15) is 22.6 Å². The number of carbonyl (C=O) groups is 1. The predicted molar refractivity (Wildman–Crippen MR) is 435 cm³/mol. The van der Waals surface area contributed by atoms with Crippen molar-refractivity contribution in [2.24, 2.45) is 0 Å². The second-order valence-electron chi connectivity index (χ2n) is 31.5. The number of aryl methyl sites for hydroxylation is 3. The van der Waals surface area contributed by atoms with Gasteiger partial charge in [0, 0.05) is 99.4 Å². The van der Waals surface area contributed by atoms with Gasteiger partial charge in [-0.25, -0.2) is 39.9 Å². The fourth-order valence-electron chi connectivity index (χ4n) is 14.8. The molecule has 16 bridgehead atoms. The zero-order valence-corrected chi connectivity index (χ0v) is 61.3. The quantitative estimate of drug-likeness (QED) is 0.108. The normalized spacial score (nSPS) is 12.7. The van der Waals surface area contributed by atoms with Crippen LogP contribution < -0.4 is 5.32 Å². The summed E-state index contributed by atoms with van der Waals surface area (Å²) in [6.07, 6.45) is 8.46. The Hall–Kier alpha value is -12.8. The van der Waals surface area contributed by atoms with Gasteiger partial charge >= 0.3 is 0 Å². The molecule has 4 aliphatic rings. The summed E-state index contributed by atoms with van der Waals surface area (Å²) in [5, 5.41) is 6.59. The van der Waals surface area contributed by atoms with Gasteiger partial charge in [0.25, 0.3) is 5.91 Å². The number of benzene rings is 8. The summed E-state index contributed by atoms with van der Waals surface area (Å²) < 4.78 is 0. The first-order chi connectivity index (χ1) is 51.0. The van der Waals surface area contributed by atoms with Gasteiger partial charge < -0.3 is 25.3 Å². The molecule has 0 aliphatic carbocycles. The average molecular weight is 1380 g/mol. The minimum absolute atomic E-state index is 0.132. The van der Waals surface area contributed by atoms with Crippen LogP contribution in [0.4, 0.5) is 5.69 Å². The number of amides is 1. The molecule has 0 radical (unpaired) electrons. The van der Waals surface area contributed by atoms with Crippen molar-refractivity contribution in [3.8, 4) is 90.1 Å². The lowest BCUT2D eigenvalue weighted by atomic mass is 9.85. The Morgan fingerprint density at radius 2 is 0.623 bits per heavy atom. The third-order valence-corrected chi connectivity index (χ3v) is 20.9. The fourth-order valence-corrected chi connectivity index (χ4v) is 14.8. The highest BCUT2D eigenvalue weighted by atomic mass is 16.1. The first-order valence-electron chi connectivity index (χ1n) is 36.2. The van der Waals surface area contributed by atoms with Gasteiger partial charge in [-0.3, -0.25) is 4.79 Å². The zero-order valence-electron chi connectivity index (χ0n) is 61.3. The number of nitrogens with one attached hydrogen (secondary N) is 5. The highest BCUT2D eigenvalue weighted by Crippen LogP contribution is 2.44. The summed E-state index contributed by atoms with van der Waals surface area (Å²) in [7, 11) is 0. The lowest BCUT2D eigenvalue weighted by Gasteiger charge is -2.19. The summed E-state index contributed by atoms with van der Waals surface area (Å²) >= 11 is 0. The molecule has 0 fully saturated rings. The van der Waals surface area contributed by atoms with Gasteiger partial charge in [0.05, 0.1) is 22.8 Å². The largest absolute Gasteiger partial charge is 0.354 e. The topological polar surface area (TPSA) is 195 Å². The van der Waals surface area contributed by atoms with Crippen LogP contribution in [0.2, 0.25) is 0 Å². The minimum atomic E-state index is -0.295. The highest BCUT2D eigenvalue weighted by Gasteiger charge is 2.29. The van der Waals surface area contributed by atoms with Crippen molar-refractivity contribution < 1.29 is 4.79 Å². The Balaban J connectivity index is 0.788. The molecule has 18 rings (SSSR count). The standard InChI is InChI=1S/C92H77N13O/c1-49-13-19-52(20-14-49)77-69-37-39-71(94-69)78(53-21-15-50(2)16-22-53)73-41-43-75(96-73)80(76-44-42-74(97-76)79(72-40-38-70(77)95-72)54-23-17-51(3)18-24-54)55-25-27-56(28-26-55)89(106)93-60-32-36-64-68(48-60)88-104-83-63-35-31-59(92(10,11)12)47-67(63)86(102-83)100-81-61-33-29-57(90(4,5)6)45-65(61)85(98-81)99-82-62-34-30-58(91(7,8)9)46-66(62)87(101-82)103-84(64)105-88/h13-48,94,97H,1-12H3,(H,93,106)(H2,98,99,100,101,102,103,104,105). The number of nitrogens with zero attached hydrogens (tertiary/aromatic N) is 8. The van der Waals surface area contributed by atoms with Gasteiger partial charge in [-0.1, -0.05) is 200 Å². The predicted octanol–water partition coefficient (Wildman–Crippen LogP) is 22.6. The van der Waals surface area contributed by atoms with Crippen LogP contribution in [-0.4, -0.2) is 65.7 Å². The monoisotopic (exact) mass is 1380 g/mol. The minimum Gasteiger partial charge on any atom is -0.354 e. The Labute approximate surface area is 613 Å². The Kier molecular flexibility index (Phi) is 15.0. The van der Waals surface area contributed by atoms with E-state index < -0.39 is 0 Å². The van der Waals surface area contributed by atoms with E-state index in [1.165, 1.54) is 11.1 Å². The number of hydrogen-bond donors (Lipinski definition) is 5. The second kappa shape index (κ2) is 24.4. The summed E-state index contributed by atoms with van der Waals surface area (Å²) in [6, 6.07) is 67.5. The molecule has 106 heavy (non-hydrogen) atoms. The first kappa shape index (κ1) is 65.2. The van der Waals surface area contributed by atoms with Crippen LogP contribution in [-0.2, 0) is 16.2 Å². The molecule has 4 aliphatic heterocycles. The number of aromatic nitrogens is 12. The summed E-state index contributed by atoms with van der Waals surface area (Å²) in [4.78, 5) is 73.3. The van der Waals surface area contributed by atoms with Gasteiger partial charge in [0.2, 0.25) is 0 Å². The van der Waals surface area contributed by atoms with Crippen molar-refractivity contribution in [1.29, 1.82) is 0 Å². The van der Waals surface area contributed by atoms with Crippen molar-refractivity contribution in [2.75, 3.05) is 5.32 Å². The molecule has 0 saturated carbocycles. The van der Waals surface area contributed by atoms with E-state index in [9.17, 15) is 4.79 Å². The molecule has 8 aromatic carbocycles. The fraction of sp³-hybridized carbons (Fsp3) is 0.163. The molecule has 1 amide bonds. The van der Waals surface area contributed by atoms with Crippen LogP contribution in [0.5, 0.6) is 0 Å². The number of anilines is 1. The van der Waals surface area contributed by atoms with Gasteiger partial charge in [-0.05, 0) is 173 Å². The van der Waals surface area contributed by atoms with Crippen molar-refractivity contribution in [3.05, 3.63) is 256 Å². The van der Waals surface area contributed by atoms with Crippen molar-refractivity contribution in [3.63, 3.8) is 0 Å². The molecule has 516 valence electrons. The number of carbonyl (C=O) groups excluding carboxylic acids is 1. The first-order valence-corrected chi connectivity index (χ1v) is 36.2. The summed E-state index contributed by atoms with van der Waals surface area (Å²) in [5.74, 6) is 1.74. The number of aromatic amines is 4. The third-order valence-electron chi connectivity index (χ3n) is 20.9. The number of fused-ring (bicyclic) bond motifs is 28. The van der Waals surface area contributed by atoms with Crippen LogP contribution in [0.1, 0.15) is 129 Å². The van der Waals surface area contributed by atoms with Crippen LogP contribution in [0.3, 0.4) is 0 Å². The highest BCUT2D eigenvalue weighted by molar-refractivity contribution is 6.11. The Bertz CT molecular complexity index is 6430. The maximum Gasteiger partial charge on any atom is 0.255 e. The molecule has 0 spiro atoms. The molecule has 5 N–H and O–H groups in total. The summed E-state index contributed by atoms with van der Waals surface area (Å²) in [5.41, 5.74) is 27.8. The molecule has 0 unspecified atom stereocenters. The molecular formula is C92H77N13O. The molecule has 14 nitrogen and oxygen atoms in total. The van der Waals surface area contributed by atoms with Crippen molar-refractivity contribution >= 4 is 102 Å². The summed E-state index contributed by atoms with van der Waals surface area (Å²) in [6.45, 7) is 26.2. The second-order valence-corrected chi connectivity index (χ2v) is 31.5. The van der Waals surface area contributed by atoms with Crippen molar-refractivity contribution in [2.45, 2.75) is 99.3 Å². The van der Waals surface area contributed by atoms with Crippen LogP contribution in [0, 0.1) is 20.8 Å². The molecule has 6 aromatic heterocycles. The van der Waals surface area contributed by atoms with E-state index in [2.05, 4.69) is 284 Å². The Morgan fingerprint density at radius 1 is 0.302 bits per heavy atom. The molecule has 14 aromatic rings. The van der Waals surface area contributed by atoms with Gasteiger partial charge in [-0.2, -0.15) is 0 Å². The van der Waals surface area contributed by atoms with Crippen LogP contribution in [0.15, 0.2) is 194 Å². The van der Waals surface area contributed by atoms with Crippen LogP contribution in [0.25, 0.3) is 181 Å². The maximum absolute atomic E-state index is 14.9. The zero-order chi connectivity index (χ0) is 72.8. The molecular weight excluding hydrogens is 1300 g/mol. The molecule has 14 heteroatoms. The smallest absolute Gasteiger partial charge is 0.255 e. The molecule has 10 heterocycles. The van der Waals surface area contributed by atoms with E-state index in [0.717, 1.165) is 150 Å². The van der Waals surface area contributed by atoms with Gasteiger partial charge in [0.15, 0.2) is 23.3 Å². The maximum atomic E-state index is 14.9. The van der Waals surface area contributed by atoms with E-state index in [-0.39, 0.29) is 22.2 Å². The molecule has 0 atom stereocenters. The number of hydrogen-bond acceptors (Lipinski definition) is 9. The van der Waals surface area contributed by atoms with E-state index in [1.807, 2.05) is 42.5 Å². The SMILES string of the molecule is Cc1ccc(-c2c3nc(c(-c4ccc(C)cc4)c4ccc([nH]4)c(-c4ccc(C(=O)Nc5ccc6c7nc8nc(nc9[nH]c(nc%10nc(nc([nH]7)c6c5)-c5ccc(C(C)(C)C)cc5-%10)c5ccc(C(C)(C)C)cc95)-c5ccc(C(C)(C)C)cc5-8)cc4)c4nc(c(-c5ccc(C)cc5)c5ccc2[nH]5)C=C4)C=C3)cc1. The lowest BCUT2D eigenvalue weighted by Crippen LogP contribution is -2.11. The Morgan fingerprint density at radius 3 is 1.00 bits per heavy atom. The van der Waals surface area contributed by atoms with E-state index >= 15 is 0 Å². The third kappa shape index (κ3) is 11.6. The number of rotatable bonds is 6. The van der Waals surface area contributed by atoms with Gasteiger partial charge in [-0.15, -0.1) is 0 Å².